The Balaban J connectivity index is 1.66. The van der Waals surface area contributed by atoms with Gasteiger partial charge >= 0.3 is 0 Å². The first kappa shape index (κ1) is 17.1. The molecule has 2 atom stereocenters. The minimum absolute atomic E-state index is 0.0304. The molecular weight excluding hydrogens is 334 g/mol. The largest absolute Gasteiger partial charge is 0.355 e. The van der Waals surface area contributed by atoms with Gasteiger partial charge in [-0.25, -0.2) is 0 Å². The fourth-order valence-corrected chi connectivity index (χ4v) is 5.99. The molecule has 134 valence electrons. The minimum Gasteiger partial charge on any atom is -0.355 e. The molecule has 2 aliphatic heterocycles. The van der Waals surface area contributed by atoms with E-state index in [1.54, 1.807) is 6.92 Å². The molecule has 0 N–H and O–H groups in total. The molecule has 1 aliphatic carbocycles. The van der Waals surface area contributed by atoms with Crippen LogP contribution in [0.3, 0.4) is 0 Å². The highest BCUT2D eigenvalue weighted by Gasteiger charge is 2.70. The van der Waals surface area contributed by atoms with Gasteiger partial charge in [-0.05, 0) is 58.1 Å². The number of ketones is 1. The Morgan fingerprint density at radius 1 is 1.20 bits per heavy atom. The molecule has 1 spiro atoms. The summed E-state index contributed by atoms with van der Waals surface area (Å²) in [5.41, 5.74) is 0.723. The Hall–Kier alpha value is -1.33. The quantitative estimate of drug-likeness (QED) is 0.610. The number of carbonyl (C=O) groups excluding carboxylic acids is 2. The lowest BCUT2D eigenvalue weighted by Gasteiger charge is -2.64. The lowest BCUT2D eigenvalue weighted by Crippen LogP contribution is -2.82. The number of Topliss-reactive ketones (excluding diaryl/α,β-unsaturated/α-hetero) is 1. The highest BCUT2D eigenvalue weighted by atomic mass is 32.2. The third-order valence-corrected chi connectivity index (χ3v) is 7.54. The topological polar surface area (TPSA) is 46.6 Å². The number of ether oxygens (including phenoxy) is 1. The van der Waals surface area contributed by atoms with Crippen LogP contribution in [0.4, 0.5) is 0 Å². The number of hydrogen-bond acceptors (Lipinski definition) is 4. The maximum absolute atomic E-state index is 13.3. The molecule has 0 bridgehead atoms. The molecule has 0 aromatic heterocycles. The van der Waals surface area contributed by atoms with Crippen LogP contribution in [-0.2, 0) is 14.3 Å². The first-order valence-electron chi connectivity index (χ1n) is 9.24. The molecule has 1 saturated carbocycles. The predicted molar refractivity (Wildman–Crippen MR) is 97.5 cm³/mol. The first-order valence-corrected chi connectivity index (χ1v) is 10.1. The van der Waals surface area contributed by atoms with Gasteiger partial charge in [0, 0.05) is 4.90 Å². The monoisotopic (exact) mass is 359 g/mol. The van der Waals surface area contributed by atoms with Crippen LogP contribution in [0.1, 0.15) is 51.0 Å². The van der Waals surface area contributed by atoms with Crippen molar-refractivity contribution in [2.75, 3.05) is 6.61 Å². The summed E-state index contributed by atoms with van der Waals surface area (Å²) in [6.45, 7) is 4.24. The summed E-state index contributed by atoms with van der Waals surface area (Å²) in [6, 6.07) is 8.04. The van der Waals surface area contributed by atoms with Crippen molar-refractivity contribution >= 4 is 23.5 Å². The molecule has 0 unspecified atom stereocenters. The zero-order valence-electron chi connectivity index (χ0n) is 14.9. The molecule has 4 rings (SSSR count). The number of fused-ring (bicyclic) bond motifs is 2. The van der Waals surface area contributed by atoms with Crippen molar-refractivity contribution in [3.8, 4) is 0 Å². The Morgan fingerprint density at radius 3 is 2.52 bits per heavy atom. The van der Waals surface area contributed by atoms with Gasteiger partial charge in [0.1, 0.15) is 5.72 Å². The Labute approximate surface area is 153 Å². The average Bonchev–Trinajstić information content (AvgIpc) is 2.61. The SMILES string of the molecule is CC(=O)[C@]1(Sc2ccc(C)cc2)C(=O)N2[C@@H]1CCOC21CCCCC1. The Bertz CT molecular complexity index is 690. The maximum Gasteiger partial charge on any atom is 0.251 e. The molecule has 1 aromatic rings. The van der Waals surface area contributed by atoms with E-state index in [1.165, 1.54) is 23.7 Å². The number of aryl methyl sites for hydroxylation is 1. The molecule has 5 heteroatoms. The normalized spacial score (nSPS) is 30.7. The first-order chi connectivity index (χ1) is 12.0. The summed E-state index contributed by atoms with van der Waals surface area (Å²) in [5.74, 6) is -0.0747. The summed E-state index contributed by atoms with van der Waals surface area (Å²) < 4.78 is 5.17. The van der Waals surface area contributed by atoms with Crippen molar-refractivity contribution in [1.29, 1.82) is 0 Å². The Kier molecular flexibility index (Phi) is 4.19. The van der Waals surface area contributed by atoms with E-state index < -0.39 is 10.5 Å². The van der Waals surface area contributed by atoms with Crippen molar-refractivity contribution < 1.29 is 14.3 Å². The maximum atomic E-state index is 13.3. The number of benzene rings is 1. The fraction of sp³-hybridized carbons (Fsp3) is 0.600. The molecule has 0 radical (unpaired) electrons. The van der Waals surface area contributed by atoms with Crippen molar-refractivity contribution in [1.82, 2.24) is 4.90 Å². The summed E-state index contributed by atoms with van der Waals surface area (Å²) >= 11 is 1.44. The van der Waals surface area contributed by atoms with Crippen LogP contribution in [0.15, 0.2) is 29.2 Å². The van der Waals surface area contributed by atoms with E-state index in [0.29, 0.717) is 6.61 Å². The molecule has 3 fully saturated rings. The van der Waals surface area contributed by atoms with E-state index in [1.807, 2.05) is 36.1 Å². The zero-order chi connectivity index (χ0) is 17.7. The minimum atomic E-state index is -0.969. The highest BCUT2D eigenvalue weighted by Crippen LogP contribution is 2.55. The summed E-state index contributed by atoms with van der Waals surface area (Å²) in [6.07, 6.45) is 5.93. The average molecular weight is 359 g/mol. The van der Waals surface area contributed by atoms with Gasteiger partial charge < -0.3 is 9.64 Å². The van der Waals surface area contributed by atoms with Crippen molar-refractivity contribution in [2.45, 2.75) is 73.8 Å². The molecule has 1 amide bonds. The van der Waals surface area contributed by atoms with Crippen LogP contribution in [0.2, 0.25) is 0 Å². The number of carbonyl (C=O) groups is 2. The molecule has 25 heavy (non-hydrogen) atoms. The number of rotatable bonds is 3. The van der Waals surface area contributed by atoms with Gasteiger partial charge in [0.2, 0.25) is 0 Å². The Morgan fingerprint density at radius 2 is 1.88 bits per heavy atom. The van der Waals surface area contributed by atoms with Crippen molar-refractivity contribution in [3.05, 3.63) is 29.8 Å². The lowest BCUT2D eigenvalue weighted by molar-refractivity contribution is -0.248. The smallest absolute Gasteiger partial charge is 0.251 e. The van der Waals surface area contributed by atoms with Gasteiger partial charge in [-0.2, -0.15) is 0 Å². The number of β-lactam (4-membered cyclic amide) rings is 1. The molecule has 2 heterocycles. The number of amides is 1. The molecular formula is C20H25NO3S. The number of hydrogen-bond donors (Lipinski definition) is 0. The fourth-order valence-electron chi connectivity index (χ4n) is 4.66. The van der Waals surface area contributed by atoms with E-state index in [0.717, 1.165) is 37.0 Å². The van der Waals surface area contributed by atoms with Gasteiger partial charge in [-0.15, -0.1) is 0 Å². The molecule has 3 aliphatic rings. The van der Waals surface area contributed by atoms with Gasteiger partial charge in [-0.1, -0.05) is 35.9 Å². The van der Waals surface area contributed by atoms with Gasteiger partial charge in [0.15, 0.2) is 10.5 Å². The lowest BCUT2D eigenvalue weighted by atomic mass is 9.75. The molecule has 2 saturated heterocycles. The van der Waals surface area contributed by atoms with Crippen LogP contribution < -0.4 is 0 Å². The highest BCUT2D eigenvalue weighted by molar-refractivity contribution is 8.02. The second-order valence-corrected chi connectivity index (χ2v) is 8.86. The van der Waals surface area contributed by atoms with E-state index >= 15 is 0 Å². The second kappa shape index (κ2) is 6.13. The van der Waals surface area contributed by atoms with Crippen LogP contribution in [0, 0.1) is 6.92 Å². The second-order valence-electron chi connectivity index (χ2n) is 7.54. The van der Waals surface area contributed by atoms with E-state index in [2.05, 4.69) is 0 Å². The van der Waals surface area contributed by atoms with Crippen molar-refractivity contribution in [3.63, 3.8) is 0 Å². The number of nitrogens with zero attached hydrogens (tertiary/aromatic N) is 1. The zero-order valence-corrected chi connectivity index (χ0v) is 15.7. The van der Waals surface area contributed by atoms with Crippen LogP contribution >= 0.6 is 11.8 Å². The van der Waals surface area contributed by atoms with Gasteiger partial charge in [0.25, 0.3) is 5.91 Å². The third-order valence-electron chi connectivity index (χ3n) is 5.98. The van der Waals surface area contributed by atoms with Crippen LogP contribution in [0.5, 0.6) is 0 Å². The third kappa shape index (κ3) is 2.47. The summed E-state index contributed by atoms with van der Waals surface area (Å²) in [5, 5.41) is 0. The van der Waals surface area contributed by atoms with E-state index in [-0.39, 0.29) is 17.7 Å². The van der Waals surface area contributed by atoms with Crippen molar-refractivity contribution in [2.24, 2.45) is 0 Å². The van der Waals surface area contributed by atoms with E-state index in [4.69, 9.17) is 4.74 Å². The summed E-state index contributed by atoms with van der Waals surface area (Å²) in [7, 11) is 0. The van der Waals surface area contributed by atoms with Gasteiger partial charge in [0.05, 0.1) is 12.6 Å². The molecule has 1 aromatic carbocycles. The van der Waals surface area contributed by atoms with Crippen LogP contribution in [0.25, 0.3) is 0 Å². The predicted octanol–water partition coefficient (Wildman–Crippen LogP) is 3.71. The summed E-state index contributed by atoms with van der Waals surface area (Å²) in [4.78, 5) is 28.9. The van der Waals surface area contributed by atoms with Crippen LogP contribution in [-0.4, -0.2) is 39.7 Å². The number of thioether (sulfide) groups is 1. The van der Waals surface area contributed by atoms with Gasteiger partial charge in [-0.3, -0.25) is 9.59 Å². The molecule has 4 nitrogen and oxygen atoms in total. The van der Waals surface area contributed by atoms with E-state index in [9.17, 15) is 9.59 Å². The standard InChI is InChI=1S/C20H25NO3S/c1-14-6-8-16(9-7-14)25-20(15(2)22)17-10-13-24-19(21(17)18(20)23)11-4-3-5-12-19/h6-9,17H,3-5,10-13H2,1-2H3/t17-,20-/m1/s1.